The van der Waals surface area contributed by atoms with E-state index in [-0.39, 0.29) is 17.4 Å². The SMILES string of the molecule is CCOc1cc(/C=C2\SC(=O)N(CC(=O)Nc3ccc(C)cc3C)C2=O)ccc1OCC(=O)Nc1ccccc1C. The van der Waals surface area contributed by atoms with Crippen molar-refractivity contribution in [1.82, 2.24) is 4.90 Å². The molecule has 0 atom stereocenters. The first kappa shape index (κ1) is 29.4. The predicted octanol–water partition coefficient (Wildman–Crippen LogP) is 5.70. The van der Waals surface area contributed by atoms with Crippen LogP contribution in [0, 0.1) is 20.8 Å². The van der Waals surface area contributed by atoms with E-state index in [4.69, 9.17) is 9.47 Å². The Morgan fingerprint density at radius 2 is 1.59 bits per heavy atom. The number of rotatable bonds is 10. The zero-order chi connectivity index (χ0) is 29.5. The van der Waals surface area contributed by atoms with E-state index in [1.165, 1.54) is 0 Å². The molecule has 3 aromatic rings. The lowest BCUT2D eigenvalue weighted by Crippen LogP contribution is -2.36. The van der Waals surface area contributed by atoms with Crippen molar-refractivity contribution in [3.8, 4) is 11.5 Å². The molecule has 212 valence electrons. The number of hydrogen-bond donors (Lipinski definition) is 2. The number of thioether (sulfide) groups is 1. The molecule has 0 radical (unpaired) electrons. The number of carbonyl (C=O) groups excluding carboxylic acids is 4. The van der Waals surface area contributed by atoms with Crippen molar-refractivity contribution >= 4 is 52.2 Å². The van der Waals surface area contributed by atoms with Crippen LogP contribution in [0.3, 0.4) is 0 Å². The Labute approximate surface area is 242 Å². The van der Waals surface area contributed by atoms with Crippen molar-refractivity contribution < 1.29 is 28.7 Å². The molecular weight excluding hydrogens is 542 g/mol. The third kappa shape index (κ3) is 7.55. The number of imide groups is 1. The summed E-state index contributed by atoms with van der Waals surface area (Å²) in [5, 5.41) is 5.05. The topological polar surface area (TPSA) is 114 Å². The van der Waals surface area contributed by atoms with E-state index in [2.05, 4.69) is 10.6 Å². The van der Waals surface area contributed by atoms with Gasteiger partial charge in [-0.1, -0.05) is 42.0 Å². The Kier molecular flexibility index (Phi) is 9.46. The van der Waals surface area contributed by atoms with Crippen LogP contribution in [0.4, 0.5) is 16.2 Å². The first-order valence-corrected chi connectivity index (χ1v) is 13.8. The van der Waals surface area contributed by atoms with Crippen molar-refractivity contribution in [2.24, 2.45) is 0 Å². The number of amides is 4. The molecule has 0 bridgehead atoms. The minimum Gasteiger partial charge on any atom is -0.490 e. The summed E-state index contributed by atoms with van der Waals surface area (Å²) in [5.74, 6) is -0.591. The number of hydrogen-bond acceptors (Lipinski definition) is 7. The number of para-hydroxylation sites is 1. The summed E-state index contributed by atoms with van der Waals surface area (Å²) >= 11 is 0.763. The monoisotopic (exact) mass is 573 g/mol. The van der Waals surface area contributed by atoms with Crippen LogP contribution in [0.2, 0.25) is 0 Å². The van der Waals surface area contributed by atoms with E-state index in [0.29, 0.717) is 35.0 Å². The van der Waals surface area contributed by atoms with Gasteiger partial charge in [0.15, 0.2) is 18.1 Å². The molecule has 0 spiro atoms. The van der Waals surface area contributed by atoms with Crippen molar-refractivity contribution in [3.05, 3.63) is 87.8 Å². The number of aryl methyl sites for hydroxylation is 3. The minimum atomic E-state index is -0.554. The van der Waals surface area contributed by atoms with E-state index in [0.717, 1.165) is 33.4 Å². The van der Waals surface area contributed by atoms with Crippen LogP contribution >= 0.6 is 11.8 Å². The Hall–Kier alpha value is -4.57. The minimum absolute atomic E-state index is 0.183. The second-order valence-electron chi connectivity index (χ2n) is 9.43. The zero-order valence-corrected chi connectivity index (χ0v) is 24.1. The van der Waals surface area contributed by atoms with Gasteiger partial charge in [0.05, 0.1) is 11.5 Å². The number of anilines is 2. The number of nitrogens with one attached hydrogen (secondary N) is 2. The standard InChI is InChI=1S/C31H31N3O6S/c1-5-39-26-15-22(11-13-25(26)40-18-29(36)33-23-9-7-6-8-20(23)3)16-27-30(37)34(31(38)41-27)17-28(35)32-24-12-10-19(2)14-21(24)4/h6-16H,5,17-18H2,1-4H3,(H,32,35)(H,33,36)/b27-16-. The van der Waals surface area contributed by atoms with Gasteiger partial charge in [-0.2, -0.15) is 0 Å². The first-order chi connectivity index (χ1) is 19.6. The summed E-state index contributed by atoms with van der Waals surface area (Å²) in [6, 6.07) is 18.0. The fraction of sp³-hybridized carbons (Fsp3) is 0.226. The summed E-state index contributed by atoms with van der Waals surface area (Å²) in [6.45, 7) is 7.27. The highest BCUT2D eigenvalue weighted by molar-refractivity contribution is 8.18. The lowest BCUT2D eigenvalue weighted by atomic mass is 10.1. The van der Waals surface area contributed by atoms with Crippen LogP contribution in [0.25, 0.3) is 6.08 Å². The lowest BCUT2D eigenvalue weighted by molar-refractivity contribution is -0.127. The number of benzene rings is 3. The van der Waals surface area contributed by atoms with Crippen LogP contribution < -0.4 is 20.1 Å². The van der Waals surface area contributed by atoms with Gasteiger partial charge in [-0.25, -0.2) is 0 Å². The van der Waals surface area contributed by atoms with Crippen molar-refractivity contribution in [1.29, 1.82) is 0 Å². The third-order valence-corrected chi connectivity index (χ3v) is 7.08. The van der Waals surface area contributed by atoms with Gasteiger partial charge in [-0.15, -0.1) is 0 Å². The fourth-order valence-corrected chi connectivity index (χ4v) is 4.96. The van der Waals surface area contributed by atoms with E-state index in [9.17, 15) is 19.2 Å². The van der Waals surface area contributed by atoms with E-state index in [1.54, 1.807) is 30.3 Å². The van der Waals surface area contributed by atoms with Crippen LogP contribution in [0.1, 0.15) is 29.2 Å². The van der Waals surface area contributed by atoms with Gasteiger partial charge in [0.1, 0.15) is 6.54 Å². The van der Waals surface area contributed by atoms with E-state index >= 15 is 0 Å². The van der Waals surface area contributed by atoms with Crippen LogP contribution in [0.5, 0.6) is 11.5 Å². The summed E-state index contributed by atoms with van der Waals surface area (Å²) in [6.07, 6.45) is 1.56. The molecule has 0 unspecified atom stereocenters. The zero-order valence-electron chi connectivity index (χ0n) is 23.3. The van der Waals surface area contributed by atoms with Crippen LogP contribution in [-0.2, 0) is 14.4 Å². The van der Waals surface area contributed by atoms with Crippen molar-refractivity contribution in [3.63, 3.8) is 0 Å². The molecule has 0 aliphatic carbocycles. The number of nitrogens with zero attached hydrogens (tertiary/aromatic N) is 1. The second kappa shape index (κ2) is 13.2. The molecule has 1 heterocycles. The molecule has 1 aliphatic rings. The van der Waals surface area contributed by atoms with Gasteiger partial charge in [0.25, 0.3) is 17.1 Å². The molecule has 4 amide bonds. The van der Waals surface area contributed by atoms with Gasteiger partial charge in [-0.3, -0.25) is 24.1 Å². The second-order valence-corrected chi connectivity index (χ2v) is 10.4. The Bertz CT molecular complexity index is 1530. The molecule has 4 rings (SSSR count). The van der Waals surface area contributed by atoms with Crippen LogP contribution in [-0.4, -0.2) is 47.6 Å². The van der Waals surface area contributed by atoms with Crippen LogP contribution in [0.15, 0.2) is 65.6 Å². The molecule has 10 heteroatoms. The van der Waals surface area contributed by atoms with Gasteiger partial charge < -0.3 is 20.1 Å². The highest BCUT2D eigenvalue weighted by Crippen LogP contribution is 2.35. The molecular formula is C31H31N3O6S. The highest BCUT2D eigenvalue weighted by Gasteiger charge is 2.36. The quantitative estimate of drug-likeness (QED) is 0.299. The summed E-state index contributed by atoms with van der Waals surface area (Å²) < 4.78 is 11.4. The Morgan fingerprint density at radius 1 is 0.854 bits per heavy atom. The van der Waals surface area contributed by atoms with Crippen molar-refractivity contribution in [2.45, 2.75) is 27.7 Å². The van der Waals surface area contributed by atoms with Gasteiger partial charge >= 0.3 is 0 Å². The van der Waals surface area contributed by atoms with Crippen molar-refractivity contribution in [2.75, 3.05) is 30.4 Å². The highest BCUT2D eigenvalue weighted by atomic mass is 32.2. The molecule has 1 aliphatic heterocycles. The largest absolute Gasteiger partial charge is 0.490 e. The molecule has 1 saturated heterocycles. The maximum atomic E-state index is 13.0. The number of ether oxygens (including phenoxy) is 2. The maximum absolute atomic E-state index is 13.0. The molecule has 1 fully saturated rings. The molecule has 41 heavy (non-hydrogen) atoms. The Morgan fingerprint density at radius 3 is 2.32 bits per heavy atom. The lowest BCUT2D eigenvalue weighted by Gasteiger charge is -2.14. The molecule has 2 N–H and O–H groups in total. The van der Waals surface area contributed by atoms with E-state index < -0.39 is 23.6 Å². The molecule has 0 aromatic heterocycles. The average molecular weight is 574 g/mol. The first-order valence-electron chi connectivity index (χ1n) is 13.0. The summed E-state index contributed by atoms with van der Waals surface area (Å²) in [4.78, 5) is 51.7. The summed E-state index contributed by atoms with van der Waals surface area (Å²) in [5.41, 5.74) is 4.81. The van der Waals surface area contributed by atoms with Gasteiger partial charge in [0.2, 0.25) is 5.91 Å². The molecule has 9 nitrogen and oxygen atoms in total. The fourth-order valence-electron chi connectivity index (χ4n) is 4.12. The van der Waals surface area contributed by atoms with Gasteiger partial charge in [0, 0.05) is 11.4 Å². The molecule has 3 aromatic carbocycles. The predicted molar refractivity (Wildman–Crippen MR) is 160 cm³/mol. The average Bonchev–Trinajstić information content (AvgIpc) is 3.18. The van der Waals surface area contributed by atoms with Gasteiger partial charge in [-0.05, 0) is 86.5 Å². The third-order valence-electron chi connectivity index (χ3n) is 6.17. The normalized spacial score (nSPS) is 13.9. The Balaban J connectivity index is 1.41. The molecule has 0 saturated carbocycles. The van der Waals surface area contributed by atoms with E-state index in [1.807, 2.05) is 64.1 Å². The smallest absolute Gasteiger partial charge is 0.294 e. The number of carbonyl (C=O) groups is 4. The maximum Gasteiger partial charge on any atom is 0.294 e. The summed E-state index contributed by atoms with van der Waals surface area (Å²) in [7, 11) is 0.